The second-order valence-corrected chi connectivity index (χ2v) is 7.79. The second kappa shape index (κ2) is 9.58. The zero-order chi connectivity index (χ0) is 20.8. The number of hydrogen-bond acceptors (Lipinski definition) is 6. The lowest BCUT2D eigenvalue weighted by Crippen LogP contribution is -2.31. The molecule has 0 aromatic heterocycles. The molecule has 2 aromatic carbocycles. The number of benzene rings is 2. The molecule has 2 amide bonds. The number of carbonyl (C=O) groups excluding carboxylic acids is 2. The number of methoxy groups -OCH3 is 2. The van der Waals surface area contributed by atoms with Gasteiger partial charge in [-0.1, -0.05) is 48.2 Å². The first kappa shape index (κ1) is 20.9. The number of para-hydroxylation sites is 1. The van der Waals surface area contributed by atoms with Crippen LogP contribution in [0, 0.1) is 0 Å². The van der Waals surface area contributed by atoms with E-state index in [0.29, 0.717) is 20.7 Å². The van der Waals surface area contributed by atoms with Crippen molar-refractivity contribution in [1.29, 1.82) is 0 Å². The Morgan fingerprint density at radius 3 is 2.55 bits per heavy atom. The average Bonchev–Trinajstić information content (AvgIpc) is 2.99. The number of thiocarbonyl (C=S) groups is 1. The Hall–Kier alpha value is -2.84. The van der Waals surface area contributed by atoms with Crippen molar-refractivity contribution >= 4 is 51.9 Å². The molecule has 29 heavy (non-hydrogen) atoms. The predicted octanol–water partition coefficient (Wildman–Crippen LogP) is 3.93. The van der Waals surface area contributed by atoms with Crippen LogP contribution in [0.4, 0.5) is 5.69 Å². The van der Waals surface area contributed by atoms with Gasteiger partial charge >= 0.3 is 0 Å². The first-order chi connectivity index (χ1) is 14.0. The van der Waals surface area contributed by atoms with Crippen LogP contribution in [-0.2, 0) is 9.59 Å². The molecule has 1 saturated heterocycles. The summed E-state index contributed by atoms with van der Waals surface area (Å²) in [5.74, 6) is 0.812. The van der Waals surface area contributed by atoms with Gasteiger partial charge in [0.25, 0.3) is 5.91 Å². The van der Waals surface area contributed by atoms with E-state index in [-0.39, 0.29) is 24.8 Å². The standard InChI is InChI=1S/C21H20N2O4S2/c1-26-16-9-8-14(12-17(16)27-2)13-18-20(25)23(21(28)29-18)11-10-19(24)22-15-6-4-3-5-7-15/h3-9,12-13H,10-11H2,1-2H3,(H,22,24)/b18-13-. The normalized spacial score (nSPS) is 15.0. The molecule has 6 nitrogen and oxygen atoms in total. The Balaban J connectivity index is 1.65. The van der Waals surface area contributed by atoms with Crippen LogP contribution in [0.25, 0.3) is 6.08 Å². The SMILES string of the molecule is COc1ccc(/C=C2\SC(=S)N(CCC(=O)Nc3ccccc3)C2=O)cc1OC. The predicted molar refractivity (Wildman–Crippen MR) is 119 cm³/mol. The van der Waals surface area contributed by atoms with Gasteiger partial charge in [0.15, 0.2) is 11.5 Å². The average molecular weight is 429 g/mol. The Morgan fingerprint density at radius 2 is 1.86 bits per heavy atom. The van der Waals surface area contributed by atoms with Crippen molar-refractivity contribution in [1.82, 2.24) is 4.90 Å². The third kappa shape index (κ3) is 5.16. The first-order valence-electron chi connectivity index (χ1n) is 8.84. The summed E-state index contributed by atoms with van der Waals surface area (Å²) in [7, 11) is 3.12. The van der Waals surface area contributed by atoms with E-state index in [2.05, 4.69) is 5.32 Å². The molecular weight excluding hydrogens is 408 g/mol. The second-order valence-electron chi connectivity index (χ2n) is 6.11. The molecule has 3 rings (SSSR count). The van der Waals surface area contributed by atoms with E-state index < -0.39 is 0 Å². The smallest absolute Gasteiger partial charge is 0.266 e. The summed E-state index contributed by atoms with van der Waals surface area (Å²) in [5.41, 5.74) is 1.52. The van der Waals surface area contributed by atoms with Crippen LogP contribution in [0.1, 0.15) is 12.0 Å². The Morgan fingerprint density at radius 1 is 1.14 bits per heavy atom. The molecule has 1 heterocycles. The van der Waals surface area contributed by atoms with Crippen molar-refractivity contribution in [3.05, 3.63) is 59.0 Å². The summed E-state index contributed by atoms with van der Waals surface area (Å²) in [5, 5.41) is 2.80. The van der Waals surface area contributed by atoms with Crippen molar-refractivity contribution in [2.24, 2.45) is 0 Å². The number of carbonyl (C=O) groups is 2. The fourth-order valence-electron chi connectivity index (χ4n) is 2.75. The van der Waals surface area contributed by atoms with Crippen molar-refractivity contribution in [3.63, 3.8) is 0 Å². The summed E-state index contributed by atoms with van der Waals surface area (Å²) in [6, 6.07) is 14.6. The van der Waals surface area contributed by atoms with Crippen molar-refractivity contribution < 1.29 is 19.1 Å². The Bertz CT molecular complexity index is 960. The maximum atomic E-state index is 12.7. The van der Waals surface area contributed by atoms with Gasteiger partial charge in [-0.15, -0.1) is 0 Å². The van der Waals surface area contributed by atoms with Crippen LogP contribution in [0.2, 0.25) is 0 Å². The maximum Gasteiger partial charge on any atom is 0.266 e. The number of nitrogens with one attached hydrogen (secondary N) is 1. The molecule has 0 unspecified atom stereocenters. The molecular formula is C21H20N2O4S2. The summed E-state index contributed by atoms with van der Waals surface area (Å²) >= 11 is 6.55. The highest BCUT2D eigenvalue weighted by molar-refractivity contribution is 8.26. The number of rotatable bonds is 7. The third-order valence-corrected chi connectivity index (χ3v) is 5.58. The molecule has 1 fully saturated rings. The quantitative estimate of drug-likeness (QED) is 0.532. The van der Waals surface area contributed by atoms with Crippen LogP contribution < -0.4 is 14.8 Å². The van der Waals surface area contributed by atoms with Gasteiger partial charge in [0, 0.05) is 18.7 Å². The van der Waals surface area contributed by atoms with Gasteiger partial charge < -0.3 is 14.8 Å². The molecule has 0 spiro atoms. The van der Waals surface area contributed by atoms with Gasteiger partial charge in [0.05, 0.1) is 19.1 Å². The molecule has 150 valence electrons. The van der Waals surface area contributed by atoms with Crippen molar-refractivity contribution in [2.75, 3.05) is 26.1 Å². The van der Waals surface area contributed by atoms with E-state index in [0.717, 1.165) is 11.3 Å². The molecule has 0 atom stereocenters. The number of hydrogen-bond donors (Lipinski definition) is 1. The fraction of sp³-hybridized carbons (Fsp3) is 0.190. The molecule has 2 aromatic rings. The summed E-state index contributed by atoms with van der Waals surface area (Å²) in [4.78, 5) is 26.8. The summed E-state index contributed by atoms with van der Waals surface area (Å²) in [6.07, 6.45) is 1.91. The highest BCUT2D eigenvalue weighted by atomic mass is 32.2. The molecule has 0 saturated carbocycles. The lowest BCUT2D eigenvalue weighted by Gasteiger charge is -2.14. The third-order valence-electron chi connectivity index (χ3n) is 4.20. The van der Waals surface area contributed by atoms with Crippen LogP contribution >= 0.6 is 24.0 Å². The van der Waals surface area contributed by atoms with Crippen molar-refractivity contribution in [2.45, 2.75) is 6.42 Å². The minimum atomic E-state index is -0.206. The van der Waals surface area contributed by atoms with Gasteiger partial charge in [-0.25, -0.2) is 0 Å². The van der Waals surface area contributed by atoms with Gasteiger partial charge in [0.2, 0.25) is 5.91 Å². The minimum Gasteiger partial charge on any atom is -0.493 e. The number of thioether (sulfide) groups is 1. The topological polar surface area (TPSA) is 67.9 Å². The van der Waals surface area contributed by atoms with E-state index in [4.69, 9.17) is 21.7 Å². The molecule has 0 bridgehead atoms. The van der Waals surface area contributed by atoms with E-state index in [1.54, 1.807) is 32.4 Å². The maximum absolute atomic E-state index is 12.7. The molecule has 0 radical (unpaired) electrons. The van der Waals surface area contributed by atoms with Crippen LogP contribution in [-0.4, -0.2) is 41.8 Å². The van der Waals surface area contributed by atoms with E-state index in [1.807, 2.05) is 36.4 Å². The van der Waals surface area contributed by atoms with Crippen molar-refractivity contribution in [3.8, 4) is 11.5 Å². The number of nitrogens with zero attached hydrogens (tertiary/aromatic N) is 1. The number of amides is 2. The van der Waals surface area contributed by atoms with Gasteiger partial charge in [-0.3, -0.25) is 14.5 Å². The van der Waals surface area contributed by atoms with E-state index in [1.165, 1.54) is 16.7 Å². The Labute approximate surface area is 178 Å². The molecule has 1 aliphatic rings. The lowest BCUT2D eigenvalue weighted by molar-refractivity contribution is -0.122. The first-order valence-corrected chi connectivity index (χ1v) is 10.1. The molecule has 8 heteroatoms. The summed E-state index contributed by atoms with van der Waals surface area (Å²) in [6.45, 7) is 0.229. The number of anilines is 1. The fourth-order valence-corrected chi connectivity index (χ4v) is 4.05. The van der Waals surface area contributed by atoms with E-state index in [9.17, 15) is 9.59 Å². The highest BCUT2D eigenvalue weighted by Crippen LogP contribution is 2.34. The highest BCUT2D eigenvalue weighted by Gasteiger charge is 2.32. The van der Waals surface area contributed by atoms with Crippen LogP contribution in [0.5, 0.6) is 11.5 Å². The van der Waals surface area contributed by atoms with Crippen LogP contribution in [0.3, 0.4) is 0 Å². The molecule has 1 aliphatic heterocycles. The summed E-state index contributed by atoms with van der Waals surface area (Å²) < 4.78 is 11.0. The van der Waals surface area contributed by atoms with E-state index >= 15 is 0 Å². The minimum absolute atomic E-state index is 0.158. The molecule has 1 N–H and O–H groups in total. The lowest BCUT2D eigenvalue weighted by atomic mass is 10.2. The number of ether oxygens (including phenoxy) is 2. The zero-order valence-corrected chi connectivity index (χ0v) is 17.6. The van der Waals surface area contributed by atoms with Crippen LogP contribution in [0.15, 0.2) is 53.4 Å². The van der Waals surface area contributed by atoms with Gasteiger partial charge in [-0.05, 0) is 35.9 Å². The zero-order valence-electron chi connectivity index (χ0n) is 16.0. The molecule has 0 aliphatic carbocycles. The Kier molecular flexibility index (Phi) is 6.90. The van der Waals surface area contributed by atoms with Gasteiger partial charge in [0.1, 0.15) is 4.32 Å². The van der Waals surface area contributed by atoms with Gasteiger partial charge in [-0.2, -0.15) is 0 Å². The largest absolute Gasteiger partial charge is 0.493 e. The monoisotopic (exact) mass is 428 g/mol.